The predicted molar refractivity (Wildman–Crippen MR) is 155 cm³/mol. The van der Waals surface area contributed by atoms with Crippen LogP contribution in [0.2, 0.25) is 0 Å². The lowest BCUT2D eigenvalue weighted by Gasteiger charge is -2.38. The van der Waals surface area contributed by atoms with Crippen LogP contribution in [0.15, 0.2) is 12.4 Å². The molecule has 3 fully saturated rings. The second kappa shape index (κ2) is 11.5. The predicted octanol–water partition coefficient (Wildman–Crippen LogP) is 3.53. The molecule has 2 saturated heterocycles. The first-order valence-corrected chi connectivity index (χ1v) is 14.8. The molecule has 3 aliphatic rings. The molecule has 2 amide bonds. The van der Waals surface area contributed by atoms with Crippen LogP contribution in [0.5, 0.6) is 0 Å². The first kappa shape index (κ1) is 30.6. The van der Waals surface area contributed by atoms with Crippen LogP contribution in [0.4, 0.5) is 10.7 Å². The van der Waals surface area contributed by atoms with Gasteiger partial charge in [-0.25, -0.2) is 14.8 Å². The Balaban J connectivity index is 1.39. The third-order valence-corrected chi connectivity index (χ3v) is 8.32. The van der Waals surface area contributed by atoms with Crippen molar-refractivity contribution in [3.63, 3.8) is 0 Å². The number of ether oxygens (including phenoxy) is 1. The van der Waals surface area contributed by atoms with E-state index in [9.17, 15) is 9.59 Å². The van der Waals surface area contributed by atoms with E-state index in [-0.39, 0.29) is 11.8 Å². The van der Waals surface area contributed by atoms with Crippen LogP contribution in [0, 0.1) is 11.8 Å². The zero-order valence-electron chi connectivity index (χ0n) is 25.8. The number of likely N-dealkylation sites (tertiary alicyclic amines) is 1. The van der Waals surface area contributed by atoms with E-state index in [1.165, 1.54) is 0 Å². The van der Waals surface area contributed by atoms with Crippen molar-refractivity contribution in [2.24, 2.45) is 11.8 Å². The average molecular weight is 558 g/mol. The molecule has 222 valence electrons. The van der Waals surface area contributed by atoms with E-state index in [2.05, 4.69) is 10.2 Å². The van der Waals surface area contributed by atoms with E-state index in [0.717, 1.165) is 37.7 Å². The minimum atomic E-state index is -0.626. The van der Waals surface area contributed by atoms with Gasteiger partial charge in [0, 0.05) is 43.5 Å². The highest BCUT2D eigenvalue weighted by molar-refractivity contribution is 6.61. The number of hydrogen-bond donors (Lipinski definition) is 1. The SMILES string of the molecule is CC(C)[C@H](NC(=O)OC(C)(C)C)C(=O)N1CCC[C@H](CN(c2ncc(B3OC(C)(C)C(C)(C)O3)cn2)C2CC2)C1. The third-order valence-electron chi connectivity index (χ3n) is 8.32. The molecule has 4 rings (SSSR count). The topological polar surface area (TPSA) is 106 Å². The molecule has 0 radical (unpaired) electrons. The minimum absolute atomic E-state index is 0.0495. The molecule has 2 aliphatic heterocycles. The summed E-state index contributed by atoms with van der Waals surface area (Å²) in [5, 5.41) is 2.81. The Morgan fingerprint density at radius 2 is 1.73 bits per heavy atom. The van der Waals surface area contributed by atoms with E-state index in [1.807, 2.05) is 79.6 Å². The average Bonchev–Trinajstić information content (AvgIpc) is 3.66. The standard InChI is InChI=1S/C29H48BN5O5/c1-19(2)23(33-26(37)38-27(3,4)5)24(36)34-14-10-11-20(17-34)18-35(22-12-13-22)25-31-15-21(16-32-25)30-39-28(6,7)29(8,9)40-30/h15-16,19-20,22-23H,10-14,17-18H2,1-9H3,(H,33,37)/t20-,23-/m0/s1. The molecule has 0 unspecified atom stereocenters. The van der Waals surface area contributed by atoms with Crippen molar-refractivity contribution in [2.45, 2.75) is 117 Å². The van der Waals surface area contributed by atoms with Gasteiger partial charge in [0.15, 0.2) is 0 Å². The number of piperidine rings is 1. The molecule has 1 N–H and O–H groups in total. The number of alkyl carbamates (subject to hydrolysis) is 1. The second-order valence-electron chi connectivity index (χ2n) is 13.9. The molecular formula is C29H48BN5O5. The molecule has 11 heteroatoms. The fourth-order valence-corrected chi connectivity index (χ4v) is 5.20. The van der Waals surface area contributed by atoms with Crippen LogP contribution in [0.25, 0.3) is 0 Å². The molecule has 1 saturated carbocycles. The third kappa shape index (κ3) is 7.27. The molecule has 10 nitrogen and oxygen atoms in total. The Kier molecular flexibility index (Phi) is 8.76. The summed E-state index contributed by atoms with van der Waals surface area (Å²) in [6, 6.07) is -0.204. The maximum atomic E-state index is 13.5. The summed E-state index contributed by atoms with van der Waals surface area (Å²) in [5.74, 6) is 0.891. The highest BCUT2D eigenvalue weighted by Crippen LogP contribution is 2.36. The molecule has 1 aliphatic carbocycles. The zero-order valence-corrected chi connectivity index (χ0v) is 25.8. The zero-order chi connectivity index (χ0) is 29.5. The van der Waals surface area contributed by atoms with Gasteiger partial charge in [0.25, 0.3) is 0 Å². The Bertz CT molecular complexity index is 1040. The number of carbonyl (C=O) groups is 2. The Morgan fingerprint density at radius 1 is 1.12 bits per heavy atom. The summed E-state index contributed by atoms with van der Waals surface area (Å²) in [6.45, 7) is 19.6. The quantitative estimate of drug-likeness (QED) is 0.484. The van der Waals surface area contributed by atoms with Gasteiger partial charge in [0.2, 0.25) is 11.9 Å². The number of amides is 2. The van der Waals surface area contributed by atoms with Crippen LogP contribution in [0.1, 0.15) is 88.0 Å². The first-order valence-electron chi connectivity index (χ1n) is 14.8. The molecule has 0 aromatic carbocycles. The van der Waals surface area contributed by atoms with Gasteiger partial charge in [0.1, 0.15) is 11.6 Å². The van der Waals surface area contributed by atoms with Gasteiger partial charge >= 0.3 is 13.2 Å². The van der Waals surface area contributed by atoms with Gasteiger partial charge < -0.3 is 29.2 Å². The fraction of sp³-hybridized carbons (Fsp3) is 0.793. The van der Waals surface area contributed by atoms with Gasteiger partial charge in [-0.1, -0.05) is 13.8 Å². The van der Waals surface area contributed by atoms with E-state index >= 15 is 0 Å². The van der Waals surface area contributed by atoms with Crippen LogP contribution >= 0.6 is 0 Å². The van der Waals surface area contributed by atoms with E-state index < -0.39 is 36.1 Å². The number of aromatic nitrogens is 2. The largest absolute Gasteiger partial charge is 0.498 e. The smallest absolute Gasteiger partial charge is 0.444 e. The van der Waals surface area contributed by atoms with E-state index in [0.29, 0.717) is 31.0 Å². The number of nitrogens with zero attached hydrogens (tertiary/aromatic N) is 4. The van der Waals surface area contributed by atoms with Crippen LogP contribution < -0.4 is 15.7 Å². The number of nitrogens with one attached hydrogen (secondary N) is 1. The summed E-state index contributed by atoms with van der Waals surface area (Å²) in [7, 11) is -0.491. The molecule has 1 aromatic heterocycles. The molecule has 0 spiro atoms. The van der Waals surface area contributed by atoms with Crippen LogP contribution in [-0.2, 0) is 18.8 Å². The number of carbonyl (C=O) groups excluding carboxylic acids is 2. The molecule has 3 heterocycles. The molecule has 0 bridgehead atoms. The fourth-order valence-electron chi connectivity index (χ4n) is 5.20. The molecular weight excluding hydrogens is 509 g/mol. The Labute approximate surface area is 240 Å². The van der Waals surface area contributed by atoms with Gasteiger partial charge in [0.05, 0.1) is 11.2 Å². The molecule has 2 atom stereocenters. The van der Waals surface area contributed by atoms with Gasteiger partial charge in [-0.15, -0.1) is 0 Å². The van der Waals surface area contributed by atoms with Crippen molar-refractivity contribution >= 4 is 30.5 Å². The number of rotatable bonds is 8. The maximum Gasteiger partial charge on any atom is 0.498 e. The maximum absolute atomic E-state index is 13.5. The lowest BCUT2D eigenvalue weighted by molar-refractivity contribution is -0.136. The van der Waals surface area contributed by atoms with Crippen LogP contribution in [-0.4, -0.2) is 82.5 Å². The van der Waals surface area contributed by atoms with Crippen molar-refractivity contribution in [2.75, 3.05) is 24.5 Å². The Hall–Kier alpha value is -2.40. The first-order chi connectivity index (χ1) is 18.6. The lowest BCUT2D eigenvalue weighted by Crippen LogP contribution is -2.55. The summed E-state index contributed by atoms with van der Waals surface area (Å²) < 4.78 is 17.7. The molecule has 40 heavy (non-hydrogen) atoms. The highest BCUT2D eigenvalue weighted by Gasteiger charge is 2.52. The van der Waals surface area contributed by atoms with Crippen molar-refractivity contribution < 1.29 is 23.6 Å². The van der Waals surface area contributed by atoms with Gasteiger partial charge in [-0.2, -0.15) is 0 Å². The van der Waals surface area contributed by atoms with Gasteiger partial charge in [-0.05, 0) is 86.0 Å². The monoisotopic (exact) mass is 557 g/mol. The number of hydrogen-bond acceptors (Lipinski definition) is 8. The van der Waals surface area contributed by atoms with E-state index in [1.54, 1.807) is 0 Å². The van der Waals surface area contributed by atoms with Gasteiger partial charge in [-0.3, -0.25) is 4.79 Å². The summed E-state index contributed by atoms with van der Waals surface area (Å²) >= 11 is 0. The van der Waals surface area contributed by atoms with Crippen molar-refractivity contribution in [3.05, 3.63) is 12.4 Å². The summed E-state index contributed by atoms with van der Waals surface area (Å²) in [5.41, 5.74) is -0.651. The second-order valence-corrected chi connectivity index (χ2v) is 13.9. The Morgan fingerprint density at radius 3 is 2.25 bits per heavy atom. The lowest BCUT2D eigenvalue weighted by atomic mass is 9.81. The normalized spacial score (nSPS) is 23.2. The van der Waals surface area contributed by atoms with Crippen molar-refractivity contribution in [3.8, 4) is 0 Å². The number of anilines is 1. The van der Waals surface area contributed by atoms with Crippen molar-refractivity contribution in [1.29, 1.82) is 0 Å². The minimum Gasteiger partial charge on any atom is -0.444 e. The highest BCUT2D eigenvalue weighted by atomic mass is 16.7. The van der Waals surface area contributed by atoms with Crippen LogP contribution in [0.3, 0.4) is 0 Å². The summed E-state index contributed by atoms with van der Waals surface area (Å²) in [4.78, 5) is 39.6. The summed E-state index contributed by atoms with van der Waals surface area (Å²) in [6.07, 6.45) is 7.26. The van der Waals surface area contributed by atoms with E-state index in [4.69, 9.17) is 24.0 Å². The molecule has 1 aromatic rings. The van der Waals surface area contributed by atoms with Crippen molar-refractivity contribution in [1.82, 2.24) is 20.2 Å².